The van der Waals surface area contributed by atoms with Crippen molar-refractivity contribution in [2.75, 3.05) is 6.26 Å². The van der Waals surface area contributed by atoms with Gasteiger partial charge in [0.1, 0.15) is 5.82 Å². The van der Waals surface area contributed by atoms with Gasteiger partial charge in [-0.25, -0.2) is 9.97 Å². The van der Waals surface area contributed by atoms with Gasteiger partial charge in [0.15, 0.2) is 5.75 Å². The van der Waals surface area contributed by atoms with Crippen LogP contribution in [0.15, 0.2) is 12.4 Å². The third-order valence-electron chi connectivity index (χ3n) is 1.18. The van der Waals surface area contributed by atoms with Crippen LogP contribution in [0.1, 0.15) is 5.82 Å². The highest BCUT2D eigenvalue weighted by Crippen LogP contribution is 2.46. The van der Waals surface area contributed by atoms with Gasteiger partial charge in [0.2, 0.25) is 0 Å². The van der Waals surface area contributed by atoms with Crippen molar-refractivity contribution in [2.45, 2.75) is 5.75 Å². The van der Waals surface area contributed by atoms with Crippen molar-refractivity contribution >= 4 is 41.5 Å². The molecule has 0 aliphatic heterocycles. The molecule has 78 valence electrons. The Kier molecular flexibility index (Phi) is 4.66. The predicted octanol–water partition coefficient (Wildman–Crippen LogP) is 1.86. The van der Waals surface area contributed by atoms with Gasteiger partial charge >= 0.3 is 0 Å². The fourth-order valence-electron chi connectivity index (χ4n) is 0.731. The van der Waals surface area contributed by atoms with Crippen LogP contribution in [-0.4, -0.2) is 21.1 Å². The Hall–Kier alpha value is 0.190. The molecule has 0 saturated carbocycles. The standard InChI is InChI=1S/C6H9N2O2PS3/c1-14-4-6-7-2-5(3-8-6)10-11(9,12)13/h2-3H,4H2,1H3,(H2,9,12,13). The van der Waals surface area contributed by atoms with Crippen molar-refractivity contribution < 1.29 is 9.42 Å². The molecule has 0 aromatic carbocycles. The molecule has 1 rings (SSSR count). The average molecular weight is 268 g/mol. The molecule has 1 aromatic rings. The smallest absolute Gasteiger partial charge is 0.291 e. The Bertz CT molecular complexity index is 339. The maximum Gasteiger partial charge on any atom is 0.291 e. The number of thioether (sulfide) groups is 1. The number of hydrogen-bond donors (Lipinski definition) is 2. The lowest BCUT2D eigenvalue weighted by atomic mass is 10.6. The first-order chi connectivity index (χ1) is 6.51. The van der Waals surface area contributed by atoms with E-state index in [4.69, 9.17) is 9.42 Å². The van der Waals surface area contributed by atoms with Crippen molar-refractivity contribution in [3.63, 3.8) is 0 Å². The van der Waals surface area contributed by atoms with Crippen LogP contribution in [0.2, 0.25) is 0 Å². The summed E-state index contributed by atoms with van der Waals surface area (Å²) in [6.07, 6.45) is 4.92. The van der Waals surface area contributed by atoms with Crippen molar-refractivity contribution in [1.82, 2.24) is 9.97 Å². The second kappa shape index (κ2) is 5.32. The van der Waals surface area contributed by atoms with E-state index in [1.807, 2.05) is 6.26 Å². The summed E-state index contributed by atoms with van der Waals surface area (Å²) in [6.45, 7) is 0. The van der Waals surface area contributed by atoms with Crippen LogP contribution < -0.4 is 4.52 Å². The summed E-state index contributed by atoms with van der Waals surface area (Å²) in [6, 6.07) is 0. The van der Waals surface area contributed by atoms with Gasteiger partial charge in [0.05, 0.1) is 18.1 Å². The molecule has 0 aliphatic rings. The van der Waals surface area contributed by atoms with Crippen molar-refractivity contribution in [1.29, 1.82) is 0 Å². The van der Waals surface area contributed by atoms with Crippen LogP contribution in [-0.2, 0) is 17.6 Å². The van der Waals surface area contributed by atoms with Gasteiger partial charge in [-0.05, 0) is 18.1 Å². The normalized spacial score (nSPS) is 14.8. The van der Waals surface area contributed by atoms with Gasteiger partial charge in [-0.2, -0.15) is 11.8 Å². The Labute approximate surface area is 96.8 Å². The zero-order chi connectivity index (χ0) is 10.6. The van der Waals surface area contributed by atoms with Crippen molar-refractivity contribution in [3.05, 3.63) is 18.2 Å². The highest BCUT2D eigenvalue weighted by atomic mass is 32.9. The average Bonchev–Trinajstić information content (AvgIpc) is 2.06. The van der Waals surface area contributed by atoms with Crippen molar-refractivity contribution in [2.24, 2.45) is 0 Å². The fraction of sp³-hybridized carbons (Fsp3) is 0.333. The lowest BCUT2D eigenvalue weighted by Crippen LogP contribution is -1.93. The maximum absolute atomic E-state index is 9.15. The Morgan fingerprint density at radius 1 is 1.64 bits per heavy atom. The summed E-state index contributed by atoms with van der Waals surface area (Å²) in [5.41, 5.74) is -2.98. The van der Waals surface area contributed by atoms with Gasteiger partial charge in [-0.15, -0.1) is 0 Å². The molecule has 0 amide bonds. The Morgan fingerprint density at radius 2 is 2.21 bits per heavy atom. The molecule has 0 spiro atoms. The molecular formula is C6H9N2O2PS3. The topological polar surface area (TPSA) is 55.2 Å². The largest absolute Gasteiger partial charge is 0.433 e. The monoisotopic (exact) mass is 268 g/mol. The van der Waals surface area contributed by atoms with Crippen LogP contribution in [0.4, 0.5) is 0 Å². The molecular weight excluding hydrogens is 259 g/mol. The summed E-state index contributed by atoms with van der Waals surface area (Å²) in [5.74, 6) is 1.81. The number of rotatable bonds is 4. The summed E-state index contributed by atoms with van der Waals surface area (Å²) in [7, 11) is 0. The minimum absolute atomic E-state index is 0.343. The van der Waals surface area contributed by atoms with Gasteiger partial charge in [-0.1, -0.05) is 12.2 Å². The zero-order valence-corrected chi connectivity index (χ0v) is 10.7. The molecule has 0 bridgehead atoms. The van der Waals surface area contributed by atoms with Crippen LogP contribution in [0.25, 0.3) is 0 Å². The molecule has 0 aliphatic carbocycles. The number of thiol groups is 1. The highest BCUT2D eigenvalue weighted by Gasteiger charge is 2.08. The van der Waals surface area contributed by atoms with E-state index >= 15 is 0 Å². The first kappa shape index (κ1) is 12.3. The Morgan fingerprint density at radius 3 is 2.64 bits per heavy atom. The third kappa shape index (κ3) is 4.61. The second-order valence-electron chi connectivity index (χ2n) is 2.35. The molecule has 1 unspecified atom stereocenters. The van der Waals surface area contributed by atoms with Crippen LogP contribution in [0.3, 0.4) is 0 Å². The van der Waals surface area contributed by atoms with E-state index in [2.05, 4.69) is 34.0 Å². The molecule has 0 radical (unpaired) electrons. The number of aromatic nitrogens is 2. The number of nitrogens with zero attached hydrogens (tertiary/aromatic N) is 2. The first-order valence-electron chi connectivity index (χ1n) is 3.56. The Balaban J connectivity index is 2.69. The molecule has 0 fully saturated rings. The summed E-state index contributed by atoms with van der Waals surface area (Å²) in [5, 5.41) is 0. The minimum Gasteiger partial charge on any atom is -0.433 e. The predicted molar refractivity (Wildman–Crippen MR) is 65.4 cm³/mol. The molecule has 0 saturated heterocycles. The summed E-state index contributed by atoms with van der Waals surface area (Å²) >= 11 is 9.96. The summed E-state index contributed by atoms with van der Waals surface area (Å²) in [4.78, 5) is 17.2. The van der Waals surface area contributed by atoms with E-state index in [-0.39, 0.29) is 0 Å². The quantitative estimate of drug-likeness (QED) is 0.642. The van der Waals surface area contributed by atoms with Gasteiger partial charge in [-0.3, -0.25) is 0 Å². The highest BCUT2D eigenvalue weighted by molar-refractivity contribution is 8.59. The van der Waals surface area contributed by atoms with Crippen molar-refractivity contribution in [3.8, 4) is 5.75 Å². The molecule has 8 heteroatoms. The van der Waals surface area contributed by atoms with E-state index < -0.39 is 5.69 Å². The first-order valence-corrected chi connectivity index (χ1v) is 8.78. The molecule has 14 heavy (non-hydrogen) atoms. The number of hydrogen-bond acceptors (Lipinski definition) is 5. The second-order valence-corrected chi connectivity index (χ2v) is 8.30. The molecule has 1 atom stereocenters. The SMILES string of the molecule is CSCc1ncc(OP(O)(=S)S)cn1. The molecule has 1 aromatic heterocycles. The lowest BCUT2D eigenvalue weighted by molar-refractivity contribution is 0.501. The van der Waals surface area contributed by atoms with E-state index in [0.717, 1.165) is 11.6 Å². The van der Waals surface area contributed by atoms with Crippen LogP contribution in [0.5, 0.6) is 5.75 Å². The van der Waals surface area contributed by atoms with Gasteiger partial charge in [0.25, 0.3) is 5.69 Å². The van der Waals surface area contributed by atoms with Crippen LogP contribution >= 0.6 is 29.7 Å². The van der Waals surface area contributed by atoms with Gasteiger partial charge < -0.3 is 9.42 Å². The lowest BCUT2D eigenvalue weighted by Gasteiger charge is -2.09. The molecule has 1 N–H and O–H groups in total. The van der Waals surface area contributed by atoms with Gasteiger partial charge in [0, 0.05) is 0 Å². The zero-order valence-electron chi connectivity index (χ0n) is 7.32. The molecule has 4 nitrogen and oxygen atoms in total. The van der Waals surface area contributed by atoms with E-state index in [1.54, 1.807) is 11.8 Å². The summed E-state index contributed by atoms with van der Waals surface area (Å²) < 4.78 is 4.95. The minimum atomic E-state index is -2.98. The third-order valence-corrected chi connectivity index (χ3v) is 2.64. The van der Waals surface area contributed by atoms with Crippen LogP contribution in [0, 0.1) is 0 Å². The fourth-order valence-corrected chi connectivity index (χ4v) is 2.05. The van der Waals surface area contributed by atoms with E-state index in [9.17, 15) is 0 Å². The van der Waals surface area contributed by atoms with E-state index in [1.165, 1.54) is 12.4 Å². The van der Waals surface area contributed by atoms with E-state index in [0.29, 0.717) is 5.75 Å². The molecule has 1 heterocycles. The maximum atomic E-state index is 9.15.